The molecule has 1 saturated carbocycles. The van der Waals surface area contributed by atoms with Crippen molar-refractivity contribution >= 4 is 0 Å². The second-order valence-corrected chi connectivity index (χ2v) is 6.84. The van der Waals surface area contributed by atoms with Crippen LogP contribution >= 0.6 is 0 Å². The van der Waals surface area contributed by atoms with Crippen LogP contribution in [0.15, 0.2) is 12.3 Å². The standard InChI is InChI=1S/C16H27N3/c1-12-17-10-9-13(19-12)11-18-15-8-6-5-7-14(15)16(2,3)4/h9-10,14-15,18H,5-8,11H2,1-4H3. The van der Waals surface area contributed by atoms with Gasteiger partial charge in [-0.15, -0.1) is 0 Å². The third-order valence-corrected chi connectivity index (χ3v) is 4.26. The van der Waals surface area contributed by atoms with E-state index in [1.807, 2.05) is 19.2 Å². The molecule has 106 valence electrons. The van der Waals surface area contributed by atoms with Crippen molar-refractivity contribution in [2.45, 2.75) is 66.0 Å². The molecule has 0 bridgehead atoms. The first-order valence-corrected chi connectivity index (χ1v) is 7.49. The molecular formula is C16H27N3. The lowest BCUT2D eigenvalue weighted by molar-refractivity contribution is 0.130. The maximum absolute atomic E-state index is 4.47. The highest BCUT2D eigenvalue weighted by Crippen LogP contribution is 2.38. The van der Waals surface area contributed by atoms with Gasteiger partial charge < -0.3 is 5.32 Å². The van der Waals surface area contributed by atoms with Crippen LogP contribution in [0.2, 0.25) is 0 Å². The van der Waals surface area contributed by atoms with Gasteiger partial charge >= 0.3 is 0 Å². The molecule has 19 heavy (non-hydrogen) atoms. The summed E-state index contributed by atoms with van der Waals surface area (Å²) in [6.07, 6.45) is 7.23. The summed E-state index contributed by atoms with van der Waals surface area (Å²) >= 11 is 0. The molecule has 1 N–H and O–H groups in total. The number of nitrogens with one attached hydrogen (secondary N) is 1. The molecule has 2 rings (SSSR count). The third kappa shape index (κ3) is 4.00. The summed E-state index contributed by atoms with van der Waals surface area (Å²) in [7, 11) is 0. The van der Waals surface area contributed by atoms with E-state index >= 15 is 0 Å². The van der Waals surface area contributed by atoms with Crippen molar-refractivity contribution in [1.82, 2.24) is 15.3 Å². The lowest BCUT2D eigenvalue weighted by atomic mass is 9.69. The average molecular weight is 261 g/mol. The largest absolute Gasteiger partial charge is 0.308 e. The summed E-state index contributed by atoms with van der Waals surface area (Å²) in [6.45, 7) is 9.91. The smallest absolute Gasteiger partial charge is 0.125 e. The molecule has 3 heteroatoms. The van der Waals surface area contributed by atoms with Crippen molar-refractivity contribution in [3.8, 4) is 0 Å². The number of hydrogen-bond donors (Lipinski definition) is 1. The normalized spacial score (nSPS) is 24.4. The van der Waals surface area contributed by atoms with Gasteiger partial charge in [-0.2, -0.15) is 0 Å². The van der Waals surface area contributed by atoms with E-state index in [0.717, 1.165) is 24.0 Å². The molecule has 0 spiro atoms. The van der Waals surface area contributed by atoms with Crippen molar-refractivity contribution in [3.63, 3.8) is 0 Å². The average Bonchev–Trinajstić information content (AvgIpc) is 2.36. The fraction of sp³-hybridized carbons (Fsp3) is 0.750. The molecule has 0 amide bonds. The molecule has 0 aliphatic heterocycles. The summed E-state index contributed by atoms with van der Waals surface area (Å²) in [4.78, 5) is 8.62. The summed E-state index contributed by atoms with van der Waals surface area (Å²) in [6, 6.07) is 2.64. The minimum absolute atomic E-state index is 0.389. The van der Waals surface area contributed by atoms with Crippen LogP contribution in [0.4, 0.5) is 0 Å². The van der Waals surface area contributed by atoms with Gasteiger partial charge in [0.1, 0.15) is 5.82 Å². The molecule has 0 aromatic carbocycles. The molecule has 0 radical (unpaired) electrons. The Morgan fingerprint density at radius 1 is 1.26 bits per heavy atom. The molecule has 0 saturated heterocycles. The lowest BCUT2D eigenvalue weighted by Gasteiger charge is -2.41. The van der Waals surface area contributed by atoms with Crippen LogP contribution in [-0.2, 0) is 6.54 Å². The maximum Gasteiger partial charge on any atom is 0.125 e. The Hall–Kier alpha value is -0.960. The predicted octanol–water partition coefficient (Wildman–Crippen LogP) is 3.48. The van der Waals surface area contributed by atoms with Gasteiger partial charge in [-0.05, 0) is 37.2 Å². The molecule has 1 aliphatic carbocycles. The van der Waals surface area contributed by atoms with Gasteiger partial charge in [-0.1, -0.05) is 33.6 Å². The van der Waals surface area contributed by atoms with Crippen LogP contribution in [0.5, 0.6) is 0 Å². The van der Waals surface area contributed by atoms with Crippen LogP contribution < -0.4 is 5.32 Å². The zero-order valence-electron chi connectivity index (χ0n) is 12.7. The zero-order valence-corrected chi connectivity index (χ0v) is 12.7. The second kappa shape index (κ2) is 6.00. The Morgan fingerprint density at radius 3 is 2.68 bits per heavy atom. The van der Waals surface area contributed by atoms with E-state index in [9.17, 15) is 0 Å². The Bertz CT molecular complexity index is 409. The molecule has 1 fully saturated rings. The van der Waals surface area contributed by atoms with Gasteiger partial charge in [-0.3, -0.25) is 0 Å². The van der Waals surface area contributed by atoms with Gasteiger partial charge in [0.15, 0.2) is 0 Å². The van der Waals surface area contributed by atoms with Gasteiger partial charge in [0, 0.05) is 18.8 Å². The minimum Gasteiger partial charge on any atom is -0.308 e. The molecule has 1 heterocycles. The minimum atomic E-state index is 0.389. The Labute approximate surface area is 117 Å². The topological polar surface area (TPSA) is 37.8 Å². The van der Waals surface area contributed by atoms with Crippen LogP contribution in [0.3, 0.4) is 0 Å². The predicted molar refractivity (Wildman–Crippen MR) is 78.8 cm³/mol. The van der Waals surface area contributed by atoms with E-state index in [0.29, 0.717) is 11.5 Å². The van der Waals surface area contributed by atoms with Crippen molar-refractivity contribution < 1.29 is 0 Å². The first-order chi connectivity index (χ1) is 8.97. The number of rotatable bonds is 3. The van der Waals surface area contributed by atoms with Gasteiger partial charge in [0.2, 0.25) is 0 Å². The first-order valence-electron chi connectivity index (χ1n) is 7.49. The molecule has 3 nitrogen and oxygen atoms in total. The van der Waals surface area contributed by atoms with Crippen LogP contribution in [0.1, 0.15) is 58.0 Å². The van der Waals surface area contributed by atoms with Crippen molar-refractivity contribution in [2.75, 3.05) is 0 Å². The van der Waals surface area contributed by atoms with Crippen molar-refractivity contribution in [1.29, 1.82) is 0 Å². The van der Waals surface area contributed by atoms with E-state index in [-0.39, 0.29) is 0 Å². The maximum atomic E-state index is 4.47. The molecule has 2 atom stereocenters. The summed E-state index contributed by atoms with van der Waals surface area (Å²) in [5, 5.41) is 3.73. The Kier molecular flexibility index (Phi) is 4.56. The number of aromatic nitrogens is 2. The van der Waals surface area contributed by atoms with E-state index in [2.05, 4.69) is 36.1 Å². The summed E-state index contributed by atoms with van der Waals surface area (Å²) in [5.41, 5.74) is 1.49. The second-order valence-electron chi connectivity index (χ2n) is 6.84. The third-order valence-electron chi connectivity index (χ3n) is 4.26. The van der Waals surface area contributed by atoms with E-state index in [1.54, 1.807) is 0 Å². The number of nitrogens with zero attached hydrogens (tertiary/aromatic N) is 2. The highest BCUT2D eigenvalue weighted by molar-refractivity contribution is 5.02. The first kappa shape index (κ1) is 14.4. The van der Waals surface area contributed by atoms with Crippen LogP contribution in [0, 0.1) is 18.3 Å². The van der Waals surface area contributed by atoms with Crippen molar-refractivity contribution in [3.05, 3.63) is 23.8 Å². The van der Waals surface area contributed by atoms with E-state index in [4.69, 9.17) is 0 Å². The highest BCUT2D eigenvalue weighted by Gasteiger charge is 2.33. The van der Waals surface area contributed by atoms with Crippen LogP contribution in [-0.4, -0.2) is 16.0 Å². The quantitative estimate of drug-likeness (QED) is 0.905. The van der Waals surface area contributed by atoms with E-state index < -0.39 is 0 Å². The van der Waals surface area contributed by atoms with Gasteiger partial charge in [0.25, 0.3) is 0 Å². The molecule has 1 aliphatic rings. The summed E-state index contributed by atoms with van der Waals surface area (Å²) in [5.74, 6) is 1.62. The molecule has 1 aromatic rings. The fourth-order valence-electron chi connectivity index (χ4n) is 3.25. The van der Waals surface area contributed by atoms with Gasteiger partial charge in [0.05, 0.1) is 5.69 Å². The summed E-state index contributed by atoms with van der Waals surface area (Å²) < 4.78 is 0. The Morgan fingerprint density at radius 2 is 2.00 bits per heavy atom. The lowest BCUT2D eigenvalue weighted by Crippen LogP contribution is -2.44. The van der Waals surface area contributed by atoms with E-state index in [1.165, 1.54) is 25.7 Å². The molecular weight excluding hydrogens is 234 g/mol. The molecule has 1 aromatic heterocycles. The SMILES string of the molecule is Cc1nccc(CNC2CCCCC2C(C)(C)C)n1. The van der Waals surface area contributed by atoms with Crippen LogP contribution in [0.25, 0.3) is 0 Å². The fourth-order valence-corrected chi connectivity index (χ4v) is 3.25. The van der Waals surface area contributed by atoms with Crippen molar-refractivity contribution in [2.24, 2.45) is 11.3 Å². The zero-order chi connectivity index (χ0) is 13.9. The monoisotopic (exact) mass is 261 g/mol. The number of aryl methyl sites for hydroxylation is 1. The Balaban J connectivity index is 1.97. The number of hydrogen-bond acceptors (Lipinski definition) is 3. The molecule has 2 unspecified atom stereocenters. The highest BCUT2D eigenvalue weighted by atomic mass is 15.0. The van der Waals surface area contributed by atoms with Gasteiger partial charge in [-0.25, -0.2) is 9.97 Å².